The van der Waals surface area contributed by atoms with Gasteiger partial charge in [0.05, 0.1) is 38.4 Å². The second-order valence-electron chi connectivity index (χ2n) is 9.30. The zero-order valence-electron chi connectivity index (χ0n) is 20.5. The second kappa shape index (κ2) is 12.4. The zero-order chi connectivity index (χ0) is 25.5. The maximum absolute atomic E-state index is 12.1. The Kier molecular flexibility index (Phi) is 9.06. The van der Waals surface area contributed by atoms with Crippen LogP contribution in [0.5, 0.6) is 0 Å². The summed E-state index contributed by atoms with van der Waals surface area (Å²) in [5.41, 5.74) is 3.17. The van der Waals surface area contributed by atoms with Crippen LogP contribution in [0.15, 0.2) is 48.5 Å². The molecule has 0 spiro atoms. The number of aliphatic carboxylic acids is 1. The van der Waals surface area contributed by atoms with Crippen LogP contribution in [-0.2, 0) is 30.4 Å². The number of hydrogen-bond donors (Lipinski definition) is 3. The van der Waals surface area contributed by atoms with Gasteiger partial charge in [0.1, 0.15) is 0 Å². The maximum Gasteiger partial charge on any atom is 0.303 e. The van der Waals surface area contributed by atoms with E-state index in [1.165, 1.54) is 0 Å². The van der Waals surface area contributed by atoms with Crippen LogP contribution < -0.4 is 5.32 Å². The molecular weight excluding hydrogens is 464 g/mol. The number of amides is 1. The largest absolute Gasteiger partial charge is 0.481 e. The molecule has 2 aromatic rings. The number of nitrogens with one attached hydrogen (secondary N) is 1. The van der Waals surface area contributed by atoms with Gasteiger partial charge in [0.2, 0.25) is 5.91 Å². The normalized spacial score (nSPS) is 24.8. The quantitative estimate of drug-likeness (QED) is 0.483. The predicted octanol–water partition coefficient (Wildman–Crippen LogP) is 3.11. The van der Waals surface area contributed by atoms with Gasteiger partial charge >= 0.3 is 5.97 Å². The van der Waals surface area contributed by atoms with E-state index in [2.05, 4.69) is 17.1 Å². The van der Waals surface area contributed by atoms with Crippen LogP contribution in [-0.4, -0.2) is 65.9 Å². The molecule has 0 unspecified atom stereocenters. The van der Waals surface area contributed by atoms with E-state index in [0.29, 0.717) is 18.9 Å². The summed E-state index contributed by atoms with van der Waals surface area (Å²) in [6.07, 6.45) is -1.29. The molecule has 9 heteroatoms. The molecule has 2 aliphatic heterocycles. The molecular formula is C27H34N2O7. The first-order valence-electron chi connectivity index (χ1n) is 12.3. The molecule has 3 N–H and O–H groups in total. The Morgan fingerprint density at radius 2 is 1.78 bits per heavy atom. The summed E-state index contributed by atoms with van der Waals surface area (Å²) in [5.74, 6) is -1.30. The van der Waals surface area contributed by atoms with Crippen molar-refractivity contribution in [3.05, 3.63) is 65.2 Å². The molecule has 0 radical (unpaired) electrons. The van der Waals surface area contributed by atoms with E-state index in [0.717, 1.165) is 36.3 Å². The first-order chi connectivity index (χ1) is 17.4. The van der Waals surface area contributed by atoms with Gasteiger partial charge in [-0.2, -0.15) is 0 Å². The lowest BCUT2D eigenvalue weighted by Gasteiger charge is -2.43. The molecule has 36 heavy (non-hydrogen) atoms. The second-order valence-corrected chi connectivity index (χ2v) is 9.30. The number of benzene rings is 2. The van der Waals surface area contributed by atoms with Crippen molar-refractivity contribution in [1.29, 1.82) is 0 Å². The van der Waals surface area contributed by atoms with Crippen LogP contribution in [0, 0.1) is 5.92 Å². The van der Waals surface area contributed by atoms with Gasteiger partial charge in [0.15, 0.2) is 6.29 Å². The lowest BCUT2D eigenvalue weighted by Crippen LogP contribution is -2.47. The van der Waals surface area contributed by atoms with Gasteiger partial charge in [-0.1, -0.05) is 43.3 Å². The molecule has 2 aromatic carbocycles. The summed E-state index contributed by atoms with van der Waals surface area (Å²) >= 11 is 0. The highest BCUT2D eigenvalue weighted by molar-refractivity contribution is 5.92. The Balaban J connectivity index is 1.54. The summed E-state index contributed by atoms with van der Waals surface area (Å²) in [7, 11) is 0. The molecule has 9 nitrogen and oxygen atoms in total. The van der Waals surface area contributed by atoms with E-state index in [-0.39, 0.29) is 43.5 Å². The summed E-state index contributed by atoms with van der Waals surface area (Å²) in [6.45, 7) is 5.98. The molecule has 0 saturated carbocycles. The molecule has 4 atom stereocenters. The van der Waals surface area contributed by atoms with Gasteiger partial charge in [-0.25, -0.2) is 0 Å². The van der Waals surface area contributed by atoms with Gasteiger partial charge < -0.3 is 29.7 Å². The number of carbonyl (C=O) groups excluding carboxylic acids is 1. The summed E-state index contributed by atoms with van der Waals surface area (Å²) in [4.78, 5) is 25.2. The third-order valence-electron chi connectivity index (χ3n) is 6.67. The van der Waals surface area contributed by atoms with Gasteiger partial charge in [0, 0.05) is 43.2 Å². The molecule has 0 aromatic heterocycles. The van der Waals surface area contributed by atoms with Crippen LogP contribution in [0.4, 0.5) is 5.69 Å². The van der Waals surface area contributed by atoms with Crippen molar-refractivity contribution in [1.82, 2.24) is 4.90 Å². The topological polar surface area (TPSA) is 118 Å². The fourth-order valence-electron chi connectivity index (χ4n) is 4.57. The molecule has 1 amide bonds. The Morgan fingerprint density at radius 3 is 2.47 bits per heavy atom. The smallest absolute Gasteiger partial charge is 0.303 e. The number of morpholine rings is 1. The van der Waals surface area contributed by atoms with Gasteiger partial charge in [0.25, 0.3) is 0 Å². The first kappa shape index (κ1) is 26.2. The maximum atomic E-state index is 12.1. The molecule has 2 fully saturated rings. The molecule has 2 saturated heterocycles. The number of anilines is 1. The fourth-order valence-corrected chi connectivity index (χ4v) is 4.57. The monoisotopic (exact) mass is 498 g/mol. The minimum Gasteiger partial charge on any atom is -0.481 e. The average Bonchev–Trinajstić information content (AvgIpc) is 2.89. The third kappa shape index (κ3) is 6.89. The van der Waals surface area contributed by atoms with Gasteiger partial charge in [-0.05, 0) is 23.3 Å². The average molecular weight is 499 g/mol. The fraction of sp³-hybridized carbons (Fsp3) is 0.481. The number of nitrogens with zero attached hydrogens (tertiary/aromatic N) is 1. The number of aliphatic hydroxyl groups excluding tert-OH is 1. The SMILES string of the molecule is C[C@@H]1[C@H](CN2CCOCC2)O[C@H](c2cccc(NC(=O)CCC(=O)O)c2)O[C@@H]1c1ccc(CO)cc1. The Labute approximate surface area is 211 Å². The van der Waals surface area contributed by atoms with Crippen molar-refractivity contribution >= 4 is 17.6 Å². The number of aliphatic hydroxyl groups is 1. The van der Waals surface area contributed by atoms with E-state index in [9.17, 15) is 14.7 Å². The number of rotatable bonds is 9. The predicted molar refractivity (Wildman–Crippen MR) is 132 cm³/mol. The first-order valence-corrected chi connectivity index (χ1v) is 12.3. The van der Waals surface area contributed by atoms with E-state index in [1.54, 1.807) is 12.1 Å². The third-order valence-corrected chi connectivity index (χ3v) is 6.67. The minimum atomic E-state index is -1.01. The molecule has 194 valence electrons. The van der Waals surface area contributed by atoms with Crippen LogP contribution in [0.1, 0.15) is 48.8 Å². The molecule has 0 bridgehead atoms. The standard InChI is InChI=1S/C27H34N2O7/c1-18-23(16-29-11-13-34-14-12-29)35-27(36-26(18)20-7-5-19(17-30)6-8-20)21-3-2-4-22(15-21)28-24(31)9-10-25(32)33/h2-8,15,18,23,26-27,30H,9-14,16-17H2,1H3,(H,28,31)(H,32,33)/t18-,23+,26+,27+/m1/s1. The lowest BCUT2D eigenvalue weighted by atomic mass is 9.90. The van der Waals surface area contributed by atoms with Crippen molar-refractivity contribution < 1.29 is 34.0 Å². The van der Waals surface area contributed by atoms with Crippen LogP contribution in [0.25, 0.3) is 0 Å². The van der Waals surface area contributed by atoms with Crippen molar-refractivity contribution in [3.63, 3.8) is 0 Å². The van der Waals surface area contributed by atoms with Crippen molar-refractivity contribution in [2.24, 2.45) is 5.92 Å². The Bertz CT molecular complexity index is 1020. The highest BCUT2D eigenvalue weighted by Gasteiger charge is 2.39. The number of carboxylic acids is 1. The zero-order valence-corrected chi connectivity index (χ0v) is 20.5. The van der Waals surface area contributed by atoms with Crippen molar-refractivity contribution in [3.8, 4) is 0 Å². The Hall–Kier alpha value is -2.82. The molecule has 4 rings (SSSR count). The van der Waals surface area contributed by atoms with Crippen LogP contribution in [0.2, 0.25) is 0 Å². The van der Waals surface area contributed by atoms with E-state index < -0.39 is 12.3 Å². The highest BCUT2D eigenvalue weighted by Crippen LogP contribution is 2.42. The highest BCUT2D eigenvalue weighted by atomic mass is 16.7. The number of carbonyl (C=O) groups is 2. The van der Waals surface area contributed by atoms with Crippen molar-refractivity contribution in [2.75, 3.05) is 38.2 Å². The molecule has 0 aliphatic carbocycles. The van der Waals surface area contributed by atoms with Gasteiger partial charge in [-0.15, -0.1) is 0 Å². The number of hydrogen-bond acceptors (Lipinski definition) is 7. The lowest BCUT2D eigenvalue weighted by molar-refractivity contribution is -0.277. The molecule has 2 heterocycles. The Morgan fingerprint density at radius 1 is 1.03 bits per heavy atom. The summed E-state index contributed by atoms with van der Waals surface area (Å²) in [5, 5.41) is 21.0. The molecule has 2 aliphatic rings. The van der Waals surface area contributed by atoms with Crippen LogP contribution in [0.3, 0.4) is 0 Å². The number of ether oxygens (including phenoxy) is 3. The van der Waals surface area contributed by atoms with E-state index >= 15 is 0 Å². The minimum absolute atomic E-state index is 0.0161. The van der Waals surface area contributed by atoms with Crippen molar-refractivity contribution in [2.45, 2.75) is 44.9 Å². The number of carboxylic acid groups (broad SMARTS) is 1. The van der Waals surface area contributed by atoms with Gasteiger partial charge in [-0.3, -0.25) is 14.5 Å². The van der Waals surface area contributed by atoms with E-state index in [4.69, 9.17) is 19.3 Å². The summed E-state index contributed by atoms with van der Waals surface area (Å²) < 4.78 is 18.5. The van der Waals surface area contributed by atoms with E-state index in [1.807, 2.05) is 36.4 Å². The van der Waals surface area contributed by atoms with Crippen LogP contribution >= 0.6 is 0 Å². The summed E-state index contributed by atoms with van der Waals surface area (Å²) in [6, 6.07) is 15.0.